The van der Waals surface area contributed by atoms with Gasteiger partial charge in [-0.25, -0.2) is 4.99 Å². The van der Waals surface area contributed by atoms with Gasteiger partial charge in [0.15, 0.2) is 0 Å². The van der Waals surface area contributed by atoms with Crippen LogP contribution in [-0.2, 0) is 11.2 Å². The van der Waals surface area contributed by atoms with Crippen molar-refractivity contribution in [3.05, 3.63) is 64.6 Å². The molecule has 0 saturated carbocycles. The monoisotopic (exact) mass is 321 g/mol. The first-order valence-corrected chi connectivity index (χ1v) is 8.70. The molecule has 2 aromatic rings. The van der Waals surface area contributed by atoms with Crippen LogP contribution in [0.4, 0.5) is 0 Å². The average Bonchev–Trinajstić information content (AvgIpc) is 3.34. The number of nitrogens with one attached hydrogen (secondary N) is 2. The topological polar surface area (TPSA) is 53.2 Å². The number of hydrogen-bond acceptors (Lipinski definition) is 2. The largest absolute Gasteiger partial charge is 0.494 e. The highest BCUT2D eigenvalue weighted by molar-refractivity contribution is 6.11. The second kappa shape index (κ2) is 6.19. The summed E-state index contributed by atoms with van der Waals surface area (Å²) in [6.07, 6.45) is 13.1. The van der Waals surface area contributed by atoms with Crippen molar-refractivity contribution in [1.29, 1.82) is 0 Å². The fraction of sp³-hybridized carbons (Fsp3) is 0.350. The molecule has 4 heteroatoms. The average molecular weight is 321 g/mol. The number of H-pyrrole nitrogens is 2. The van der Waals surface area contributed by atoms with Crippen molar-refractivity contribution in [2.75, 3.05) is 7.11 Å². The molecule has 124 valence electrons. The molecule has 1 unspecified atom stereocenters. The minimum Gasteiger partial charge on any atom is -0.494 e. The first kappa shape index (κ1) is 15.1. The van der Waals surface area contributed by atoms with Crippen LogP contribution < -0.4 is 0 Å². The third-order valence-electron chi connectivity index (χ3n) is 5.07. The Kier molecular flexibility index (Phi) is 3.89. The summed E-state index contributed by atoms with van der Waals surface area (Å²) in [6, 6.07) is 4.00. The van der Waals surface area contributed by atoms with Gasteiger partial charge in [-0.2, -0.15) is 0 Å². The highest BCUT2D eigenvalue weighted by Gasteiger charge is 2.24. The van der Waals surface area contributed by atoms with E-state index in [2.05, 4.69) is 29.2 Å². The number of rotatable bonds is 4. The summed E-state index contributed by atoms with van der Waals surface area (Å²) in [6.45, 7) is 2.28. The maximum Gasteiger partial charge on any atom is 0.146 e. The van der Waals surface area contributed by atoms with E-state index in [4.69, 9.17) is 9.73 Å². The van der Waals surface area contributed by atoms with Crippen molar-refractivity contribution in [2.24, 2.45) is 4.99 Å². The smallest absolute Gasteiger partial charge is 0.146 e. The molecule has 0 aromatic carbocycles. The minimum atomic E-state index is 0.648. The highest BCUT2D eigenvalue weighted by atomic mass is 16.5. The number of aromatic amines is 2. The standard InChI is InChI=1S/C20H23N3O/c1-3-13-6-4-7-14-12-22-18(20(13)14)10-17-19(24-2)11-16(23-17)15-8-5-9-21-15/h5,8-13,21-22H,3-4,6-7H2,1-2H3/b17-10+. The molecule has 2 N–H and O–H groups in total. The van der Waals surface area contributed by atoms with Crippen molar-refractivity contribution in [2.45, 2.75) is 38.5 Å². The second-order valence-corrected chi connectivity index (χ2v) is 6.46. The molecule has 2 aromatic heterocycles. The van der Waals surface area contributed by atoms with Gasteiger partial charge >= 0.3 is 0 Å². The summed E-state index contributed by atoms with van der Waals surface area (Å²) in [7, 11) is 1.70. The van der Waals surface area contributed by atoms with Crippen LogP contribution >= 0.6 is 0 Å². The Morgan fingerprint density at radius 3 is 3.04 bits per heavy atom. The summed E-state index contributed by atoms with van der Waals surface area (Å²) >= 11 is 0. The maximum atomic E-state index is 5.55. The molecule has 0 amide bonds. The molecule has 0 radical (unpaired) electrons. The number of aliphatic imine (C=N–C) groups is 1. The lowest BCUT2D eigenvalue weighted by atomic mass is 9.82. The summed E-state index contributed by atoms with van der Waals surface area (Å²) in [5, 5.41) is 0. The number of methoxy groups -OCH3 is 1. The van der Waals surface area contributed by atoms with Gasteiger partial charge in [0, 0.05) is 24.2 Å². The maximum absolute atomic E-state index is 5.55. The number of aryl methyl sites for hydroxylation is 1. The predicted octanol–water partition coefficient (Wildman–Crippen LogP) is 4.55. The fourth-order valence-electron chi connectivity index (χ4n) is 3.84. The summed E-state index contributed by atoms with van der Waals surface area (Å²) < 4.78 is 5.55. The SMILES string of the molecule is CCC1CCCc2c[nH]c(/C=C3/N=C(c4ccc[nH]4)C=C3OC)c21. The van der Waals surface area contributed by atoms with Gasteiger partial charge in [-0.15, -0.1) is 0 Å². The van der Waals surface area contributed by atoms with E-state index in [1.54, 1.807) is 7.11 Å². The molecule has 24 heavy (non-hydrogen) atoms. The lowest BCUT2D eigenvalue weighted by molar-refractivity contribution is 0.303. The van der Waals surface area contributed by atoms with E-state index in [0.29, 0.717) is 5.92 Å². The molecule has 0 spiro atoms. The van der Waals surface area contributed by atoms with E-state index in [-0.39, 0.29) is 0 Å². The number of hydrogen-bond donors (Lipinski definition) is 2. The van der Waals surface area contributed by atoms with Crippen LogP contribution in [0, 0.1) is 0 Å². The van der Waals surface area contributed by atoms with E-state index in [9.17, 15) is 0 Å². The second-order valence-electron chi connectivity index (χ2n) is 6.46. The van der Waals surface area contributed by atoms with Gasteiger partial charge in [-0.05, 0) is 60.9 Å². The van der Waals surface area contributed by atoms with Gasteiger partial charge < -0.3 is 14.7 Å². The zero-order valence-electron chi connectivity index (χ0n) is 14.2. The fourth-order valence-corrected chi connectivity index (χ4v) is 3.84. The van der Waals surface area contributed by atoms with E-state index in [1.807, 2.05) is 24.4 Å². The normalized spacial score (nSPS) is 21.6. The number of aromatic nitrogens is 2. The van der Waals surface area contributed by atoms with Crippen molar-refractivity contribution < 1.29 is 4.74 Å². The van der Waals surface area contributed by atoms with Crippen LogP contribution in [0.5, 0.6) is 0 Å². The molecule has 4 nitrogen and oxygen atoms in total. The van der Waals surface area contributed by atoms with Gasteiger partial charge in [0.1, 0.15) is 11.5 Å². The van der Waals surface area contributed by atoms with E-state index in [1.165, 1.54) is 42.5 Å². The zero-order chi connectivity index (χ0) is 16.5. The Hall–Kier alpha value is -2.49. The Bertz CT molecular complexity index is 821. The molecule has 1 aliphatic carbocycles. The Labute approximate surface area is 142 Å². The van der Waals surface area contributed by atoms with Crippen LogP contribution in [0.15, 0.2) is 47.1 Å². The Morgan fingerprint density at radius 2 is 2.29 bits per heavy atom. The van der Waals surface area contributed by atoms with Gasteiger partial charge in [-0.1, -0.05) is 6.92 Å². The van der Waals surface area contributed by atoms with Crippen LogP contribution in [0.1, 0.15) is 54.6 Å². The quantitative estimate of drug-likeness (QED) is 0.853. The number of allylic oxidation sites excluding steroid dienone is 1. The van der Waals surface area contributed by atoms with Gasteiger partial charge in [-0.3, -0.25) is 0 Å². The van der Waals surface area contributed by atoms with Gasteiger partial charge in [0.25, 0.3) is 0 Å². The predicted molar refractivity (Wildman–Crippen MR) is 97.2 cm³/mol. The number of ether oxygens (including phenoxy) is 1. The van der Waals surface area contributed by atoms with Crippen molar-refractivity contribution in [3.8, 4) is 0 Å². The van der Waals surface area contributed by atoms with Crippen LogP contribution in [-0.4, -0.2) is 22.8 Å². The van der Waals surface area contributed by atoms with Crippen LogP contribution in [0.25, 0.3) is 6.08 Å². The molecular weight excluding hydrogens is 298 g/mol. The molecule has 4 rings (SSSR count). The van der Waals surface area contributed by atoms with Crippen molar-refractivity contribution in [3.63, 3.8) is 0 Å². The van der Waals surface area contributed by atoms with Gasteiger partial charge in [0.2, 0.25) is 0 Å². The van der Waals surface area contributed by atoms with E-state index < -0.39 is 0 Å². The third-order valence-corrected chi connectivity index (χ3v) is 5.07. The van der Waals surface area contributed by atoms with E-state index >= 15 is 0 Å². The van der Waals surface area contributed by atoms with Crippen molar-refractivity contribution in [1.82, 2.24) is 9.97 Å². The zero-order valence-corrected chi connectivity index (χ0v) is 14.2. The Morgan fingerprint density at radius 1 is 1.38 bits per heavy atom. The highest BCUT2D eigenvalue weighted by Crippen LogP contribution is 2.37. The van der Waals surface area contributed by atoms with Crippen LogP contribution in [0.3, 0.4) is 0 Å². The van der Waals surface area contributed by atoms with Crippen LogP contribution in [0.2, 0.25) is 0 Å². The molecule has 0 fully saturated rings. The van der Waals surface area contributed by atoms with Gasteiger partial charge in [0.05, 0.1) is 18.5 Å². The first-order chi connectivity index (χ1) is 11.8. The number of fused-ring (bicyclic) bond motifs is 1. The summed E-state index contributed by atoms with van der Waals surface area (Å²) in [5.41, 5.74) is 6.94. The molecule has 0 saturated heterocycles. The molecule has 1 aliphatic heterocycles. The minimum absolute atomic E-state index is 0.648. The Balaban J connectivity index is 1.74. The number of nitrogens with zero attached hydrogens (tertiary/aromatic N) is 1. The summed E-state index contributed by atoms with van der Waals surface area (Å²) in [5.74, 6) is 1.46. The summed E-state index contributed by atoms with van der Waals surface area (Å²) in [4.78, 5) is 11.4. The molecular formula is C20H23N3O. The molecule has 1 atom stereocenters. The third kappa shape index (κ3) is 2.52. The van der Waals surface area contributed by atoms with E-state index in [0.717, 1.165) is 22.9 Å². The van der Waals surface area contributed by atoms with Crippen molar-refractivity contribution >= 4 is 11.8 Å². The lowest BCUT2D eigenvalue weighted by Gasteiger charge is -2.22. The molecule has 0 bridgehead atoms. The molecule has 3 heterocycles. The molecule has 2 aliphatic rings. The first-order valence-electron chi connectivity index (χ1n) is 8.70. The lowest BCUT2D eigenvalue weighted by Crippen LogP contribution is -2.08.